The maximum atomic E-state index is 12.9. The monoisotopic (exact) mass is 359 g/mol. The van der Waals surface area contributed by atoms with Crippen LogP contribution in [0.3, 0.4) is 0 Å². The lowest BCUT2D eigenvalue weighted by molar-refractivity contribution is 0.399. The quantitative estimate of drug-likeness (QED) is 0.526. The molecule has 0 amide bonds. The summed E-state index contributed by atoms with van der Waals surface area (Å²) in [4.78, 5) is 12.9. The first-order valence-corrected chi connectivity index (χ1v) is 8.26. The summed E-state index contributed by atoms with van der Waals surface area (Å²) in [7, 11) is 0. The van der Waals surface area contributed by atoms with Crippen molar-refractivity contribution in [2.75, 3.05) is 0 Å². The number of para-hydroxylation sites is 1. The van der Waals surface area contributed by atoms with E-state index in [1.165, 1.54) is 0 Å². The Kier molecular flexibility index (Phi) is 3.29. The zero-order valence-electron chi connectivity index (χ0n) is 13.9. The molecule has 1 atom stereocenters. The fourth-order valence-corrected chi connectivity index (χ4v) is 3.44. The van der Waals surface area contributed by atoms with Crippen molar-refractivity contribution in [3.63, 3.8) is 0 Å². The molecule has 27 heavy (non-hydrogen) atoms. The van der Waals surface area contributed by atoms with Crippen LogP contribution in [0.5, 0.6) is 5.75 Å². The molecule has 0 saturated heterocycles. The first-order chi connectivity index (χ1) is 13.2. The molecule has 2 aromatic carbocycles. The van der Waals surface area contributed by atoms with Crippen LogP contribution >= 0.6 is 0 Å². The average molecular weight is 359 g/mol. The molecule has 0 spiro atoms. The number of ether oxygens (including phenoxy) is 1. The van der Waals surface area contributed by atoms with Gasteiger partial charge in [0, 0.05) is 0 Å². The minimum Gasteiger partial charge on any atom is -0.440 e. The Hall–Kier alpha value is -3.94. The second-order valence-electron chi connectivity index (χ2n) is 6.09. The number of tetrazole rings is 1. The van der Waals surface area contributed by atoms with Crippen LogP contribution in [0.1, 0.15) is 22.9 Å². The zero-order chi connectivity index (χ0) is 18.4. The van der Waals surface area contributed by atoms with Gasteiger partial charge >= 0.3 is 5.63 Å². The summed E-state index contributed by atoms with van der Waals surface area (Å²) in [6.45, 7) is 0. The molecular weight excluding hydrogens is 346 g/mol. The van der Waals surface area contributed by atoms with Crippen LogP contribution in [-0.4, -0.2) is 20.6 Å². The number of hydrogen-bond acceptors (Lipinski definition) is 7. The molecule has 8 heteroatoms. The summed E-state index contributed by atoms with van der Waals surface area (Å²) in [5.74, 6) is 0.224. The summed E-state index contributed by atoms with van der Waals surface area (Å²) < 4.78 is 11.4. The van der Waals surface area contributed by atoms with Gasteiger partial charge in [-0.3, -0.25) is 0 Å². The first-order valence-electron chi connectivity index (χ1n) is 8.26. The minimum absolute atomic E-state index is 0.119. The van der Waals surface area contributed by atoms with Crippen molar-refractivity contribution in [2.45, 2.75) is 5.92 Å². The summed E-state index contributed by atoms with van der Waals surface area (Å²) in [6.07, 6.45) is 0. The van der Waals surface area contributed by atoms with Crippen molar-refractivity contribution in [2.24, 2.45) is 5.73 Å². The number of nitrogens with two attached hydrogens (primary N) is 1. The Morgan fingerprint density at radius 3 is 2.59 bits per heavy atom. The second-order valence-corrected chi connectivity index (χ2v) is 6.09. The lowest BCUT2D eigenvalue weighted by Gasteiger charge is -2.27. The van der Waals surface area contributed by atoms with Crippen molar-refractivity contribution in [3.8, 4) is 5.75 Å². The van der Waals surface area contributed by atoms with E-state index in [1.54, 1.807) is 12.1 Å². The number of aromatic nitrogens is 4. The summed E-state index contributed by atoms with van der Waals surface area (Å²) in [5, 5.41) is 14.8. The van der Waals surface area contributed by atoms with Gasteiger partial charge in [0.25, 0.3) is 0 Å². The lowest BCUT2D eigenvalue weighted by Crippen LogP contribution is -2.26. The van der Waals surface area contributed by atoms with E-state index in [4.69, 9.17) is 14.9 Å². The molecule has 0 fully saturated rings. The largest absolute Gasteiger partial charge is 0.440 e. The van der Waals surface area contributed by atoms with Crippen LogP contribution in [0.4, 0.5) is 0 Å². The summed E-state index contributed by atoms with van der Waals surface area (Å²) in [5.41, 5.74) is 7.86. The third kappa shape index (κ3) is 2.30. The van der Waals surface area contributed by atoms with E-state index in [-0.39, 0.29) is 11.7 Å². The Bertz CT molecular complexity index is 1230. The molecular formula is C19H13N5O3. The van der Waals surface area contributed by atoms with E-state index in [9.17, 15) is 4.79 Å². The van der Waals surface area contributed by atoms with Gasteiger partial charge in [-0.05, 0) is 22.9 Å². The molecule has 0 bridgehead atoms. The number of aromatic amines is 1. The lowest BCUT2D eigenvalue weighted by atomic mass is 9.83. The highest BCUT2D eigenvalue weighted by Gasteiger charge is 2.37. The van der Waals surface area contributed by atoms with Crippen molar-refractivity contribution in [1.82, 2.24) is 20.6 Å². The SMILES string of the molecule is NC1=C(c2nn[nH]n2)C(c2ccccc2)c2c(c3ccccc3oc2=O)O1. The fourth-order valence-electron chi connectivity index (χ4n) is 3.44. The maximum absolute atomic E-state index is 12.9. The molecule has 2 aromatic heterocycles. The van der Waals surface area contributed by atoms with E-state index in [0.29, 0.717) is 27.9 Å². The summed E-state index contributed by atoms with van der Waals surface area (Å²) in [6, 6.07) is 16.7. The van der Waals surface area contributed by atoms with Crippen molar-refractivity contribution in [3.05, 3.63) is 87.9 Å². The molecule has 5 rings (SSSR count). The number of benzene rings is 2. The van der Waals surface area contributed by atoms with E-state index >= 15 is 0 Å². The van der Waals surface area contributed by atoms with Gasteiger partial charge in [0.05, 0.1) is 22.4 Å². The van der Waals surface area contributed by atoms with Gasteiger partial charge in [-0.25, -0.2) is 4.79 Å². The highest BCUT2D eigenvalue weighted by Crippen LogP contribution is 2.46. The van der Waals surface area contributed by atoms with E-state index in [0.717, 1.165) is 5.56 Å². The van der Waals surface area contributed by atoms with E-state index in [1.807, 2.05) is 42.5 Å². The Morgan fingerprint density at radius 2 is 1.81 bits per heavy atom. The van der Waals surface area contributed by atoms with Gasteiger partial charge in [0.1, 0.15) is 5.58 Å². The molecule has 8 nitrogen and oxygen atoms in total. The predicted molar refractivity (Wildman–Crippen MR) is 96.7 cm³/mol. The average Bonchev–Trinajstić information content (AvgIpc) is 3.22. The van der Waals surface area contributed by atoms with Crippen LogP contribution in [0.2, 0.25) is 0 Å². The van der Waals surface area contributed by atoms with Gasteiger partial charge < -0.3 is 14.9 Å². The van der Waals surface area contributed by atoms with E-state index in [2.05, 4.69) is 20.6 Å². The molecule has 3 N–H and O–H groups in total. The van der Waals surface area contributed by atoms with E-state index < -0.39 is 11.5 Å². The van der Waals surface area contributed by atoms with Gasteiger partial charge in [-0.2, -0.15) is 5.21 Å². The predicted octanol–water partition coefficient (Wildman–Crippen LogP) is 2.16. The van der Waals surface area contributed by atoms with Crippen LogP contribution in [0.15, 0.2) is 69.7 Å². The third-order valence-electron chi connectivity index (χ3n) is 4.57. The smallest absolute Gasteiger partial charge is 0.344 e. The normalized spacial score (nSPS) is 16.2. The third-order valence-corrected chi connectivity index (χ3v) is 4.57. The molecule has 3 heterocycles. The standard InChI is InChI=1S/C19H13N5O3/c20-17-15(18-21-23-24-22-18)13(10-6-2-1-3-7-10)14-16(27-17)11-8-4-5-9-12(11)26-19(14)25/h1-9,13H,20H2,(H,21,22,23,24). The summed E-state index contributed by atoms with van der Waals surface area (Å²) >= 11 is 0. The van der Waals surface area contributed by atoms with Crippen LogP contribution in [0.25, 0.3) is 16.5 Å². The number of nitrogens with zero attached hydrogens (tertiary/aromatic N) is 3. The Morgan fingerprint density at radius 1 is 1.04 bits per heavy atom. The number of hydrogen-bond donors (Lipinski definition) is 2. The Labute approximate surface area is 152 Å². The number of allylic oxidation sites excluding steroid dienone is 1. The van der Waals surface area contributed by atoms with Gasteiger partial charge in [-0.1, -0.05) is 42.5 Å². The highest BCUT2D eigenvalue weighted by molar-refractivity contribution is 5.88. The minimum atomic E-state index is -0.548. The fraction of sp³-hybridized carbons (Fsp3) is 0.0526. The molecule has 4 aromatic rings. The molecule has 1 aliphatic rings. The zero-order valence-corrected chi connectivity index (χ0v) is 13.9. The molecule has 1 unspecified atom stereocenters. The van der Waals surface area contributed by atoms with Crippen molar-refractivity contribution >= 4 is 16.5 Å². The van der Waals surface area contributed by atoms with Gasteiger partial charge in [-0.15, -0.1) is 10.2 Å². The van der Waals surface area contributed by atoms with Crippen LogP contribution in [-0.2, 0) is 0 Å². The second kappa shape index (κ2) is 5.80. The topological polar surface area (TPSA) is 120 Å². The molecule has 0 aliphatic carbocycles. The molecule has 0 radical (unpaired) electrons. The maximum Gasteiger partial charge on any atom is 0.344 e. The Balaban J connectivity index is 1.87. The molecule has 132 valence electrons. The first kappa shape index (κ1) is 15.3. The van der Waals surface area contributed by atoms with Crippen molar-refractivity contribution in [1.29, 1.82) is 0 Å². The van der Waals surface area contributed by atoms with Gasteiger partial charge in [0.2, 0.25) is 5.82 Å². The van der Waals surface area contributed by atoms with Crippen molar-refractivity contribution < 1.29 is 9.15 Å². The molecule has 0 saturated carbocycles. The van der Waals surface area contributed by atoms with Crippen LogP contribution in [0, 0.1) is 0 Å². The number of fused-ring (bicyclic) bond motifs is 3. The van der Waals surface area contributed by atoms with Gasteiger partial charge in [0.15, 0.2) is 11.6 Å². The number of rotatable bonds is 2. The molecule has 1 aliphatic heterocycles. The number of nitrogens with one attached hydrogen (secondary N) is 1. The number of H-pyrrole nitrogens is 1. The highest BCUT2D eigenvalue weighted by atomic mass is 16.5. The van der Waals surface area contributed by atoms with Crippen LogP contribution < -0.4 is 16.1 Å².